The van der Waals surface area contributed by atoms with Crippen LogP contribution in [0.2, 0.25) is 0 Å². The Labute approximate surface area is 125 Å². The minimum Gasteiger partial charge on any atom is -0.342 e. The fourth-order valence-electron chi connectivity index (χ4n) is 3.03. The molecule has 4 nitrogen and oxygen atoms in total. The molecule has 1 unspecified atom stereocenters. The third-order valence-corrected chi connectivity index (χ3v) is 4.28. The van der Waals surface area contributed by atoms with Crippen molar-refractivity contribution in [2.75, 3.05) is 18.4 Å². The molecule has 1 atom stereocenters. The van der Waals surface area contributed by atoms with E-state index < -0.39 is 0 Å². The van der Waals surface area contributed by atoms with Crippen molar-refractivity contribution in [2.24, 2.45) is 5.92 Å². The molecule has 21 heavy (non-hydrogen) atoms. The monoisotopic (exact) mass is 286 g/mol. The Morgan fingerprint density at radius 1 is 1.33 bits per heavy atom. The molecule has 1 heterocycles. The zero-order valence-electron chi connectivity index (χ0n) is 12.5. The fourth-order valence-corrected chi connectivity index (χ4v) is 3.03. The van der Waals surface area contributed by atoms with Crippen molar-refractivity contribution in [1.82, 2.24) is 4.90 Å². The van der Waals surface area contributed by atoms with Gasteiger partial charge in [0.25, 0.3) is 0 Å². The van der Waals surface area contributed by atoms with Crippen LogP contribution in [-0.4, -0.2) is 29.8 Å². The van der Waals surface area contributed by atoms with E-state index in [-0.39, 0.29) is 24.2 Å². The Balaban J connectivity index is 1.83. The Morgan fingerprint density at radius 3 is 2.81 bits per heavy atom. The van der Waals surface area contributed by atoms with Gasteiger partial charge in [0.1, 0.15) is 0 Å². The molecular weight excluding hydrogens is 264 g/mol. The summed E-state index contributed by atoms with van der Waals surface area (Å²) in [6, 6.07) is 7.65. The summed E-state index contributed by atoms with van der Waals surface area (Å²) in [6.07, 6.45) is 3.68. The Hall–Kier alpha value is -1.84. The summed E-state index contributed by atoms with van der Waals surface area (Å²) in [5.41, 5.74) is 1.74. The van der Waals surface area contributed by atoms with E-state index in [9.17, 15) is 9.59 Å². The summed E-state index contributed by atoms with van der Waals surface area (Å²) >= 11 is 0. The Morgan fingerprint density at radius 2 is 2.10 bits per heavy atom. The van der Waals surface area contributed by atoms with Gasteiger partial charge in [-0.2, -0.15) is 0 Å². The van der Waals surface area contributed by atoms with Gasteiger partial charge in [-0.05, 0) is 36.8 Å². The number of rotatable bonds is 5. The third-order valence-electron chi connectivity index (χ3n) is 4.28. The van der Waals surface area contributed by atoms with Gasteiger partial charge >= 0.3 is 0 Å². The maximum atomic E-state index is 12.9. The van der Waals surface area contributed by atoms with E-state index >= 15 is 0 Å². The first-order valence-corrected chi connectivity index (χ1v) is 7.86. The van der Waals surface area contributed by atoms with Crippen molar-refractivity contribution in [2.45, 2.75) is 38.5 Å². The summed E-state index contributed by atoms with van der Waals surface area (Å²) in [6.45, 7) is 3.73. The first-order valence-electron chi connectivity index (χ1n) is 7.86. The van der Waals surface area contributed by atoms with Gasteiger partial charge in [0.2, 0.25) is 11.8 Å². The molecule has 0 bridgehead atoms. The van der Waals surface area contributed by atoms with E-state index in [1.54, 1.807) is 0 Å². The van der Waals surface area contributed by atoms with Gasteiger partial charge in [-0.3, -0.25) is 9.59 Å². The summed E-state index contributed by atoms with van der Waals surface area (Å²) in [5.74, 6) is 0.411. The number of nitrogens with one attached hydrogen (secondary N) is 1. The number of anilines is 1. The maximum Gasteiger partial charge on any atom is 0.230 e. The van der Waals surface area contributed by atoms with E-state index in [2.05, 4.69) is 12.2 Å². The fraction of sp³-hybridized carbons (Fsp3) is 0.529. The smallest absolute Gasteiger partial charge is 0.230 e. The van der Waals surface area contributed by atoms with Gasteiger partial charge in [0.15, 0.2) is 0 Å². The second kappa shape index (κ2) is 5.88. The average molecular weight is 286 g/mol. The van der Waals surface area contributed by atoms with Crippen LogP contribution in [0.25, 0.3) is 0 Å². The summed E-state index contributed by atoms with van der Waals surface area (Å²) in [7, 11) is 0. The van der Waals surface area contributed by atoms with Crippen LogP contribution in [0.4, 0.5) is 5.69 Å². The summed E-state index contributed by atoms with van der Waals surface area (Å²) < 4.78 is 0. The van der Waals surface area contributed by atoms with Gasteiger partial charge < -0.3 is 10.2 Å². The highest BCUT2D eigenvalue weighted by Gasteiger charge is 2.35. The van der Waals surface area contributed by atoms with Crippen LogP contribution < -0.4 is 5.32 Å². The molecule has 3 rings (SSSR count). The molecule has 1 aromatic rings. The predicted molar refractivity (Wildman–Crippen MR) is 82.0 cm³/mol. The van der Waals surface area contributed by atoms with Crippen LogP contribution in [0, 0.1) is 5.92 Å². The molecule has 2 amide bonds. The van der Waals surface area contributed by atoms with Gasteiger partial charge in [-0.25, -0.2) is 0 Å². The number of nitrogens with zero attached hydrogens (tertiary/aromatic N) is 1. The highest BCUT2D eigenvalue weighted by atomic mass is 16.2. The highest BCUT2D eigenvalue weighted by Crippen LogP contribution is 2.35. The molecule has 112 valence electrons. The number of amides is 2. The average Bonchev–Trinajstić information content (AvgIpc) is 3.29. The van der Waals surface area contributed by atoms with E-state index in [4.69, 9.17) is 0 Å². The summed E-state index contributed by atoms with van der Waals surface area (Å²) in [5, 5.41) is 2.86. The molecule has 1 aromatic carbocycles. The van der Waals surface area contributed by atoms with Crippen molar-refractivity contribution in [3.8, 4) is 0 Å². The number of hydrogen-bond donors (Lipinski definition) is 1. The quantitative estimate of drug-likeness (QED) is 0.905. The molecule has 1 aliphatic carbocycles. The predicted octanol–water partition coefficient (Wildman–Crippen LogP) is 2.76. The van der Waals surface area contributed by atoms with Gasteiger partial charge in [-0.1, -0.05) is 25.1 Å². The number of hydrogen-bond acceptors (Lipinski definition) is 2. The molecule has 0 spiro atoms. The number of fused-ring (bicyclic) bond motifs is 1. The third kappa shape index (κ3) is 3.09. The van der Waals surface area contributed by atoms with Crippen molar-refractivity contribution >= 4 is 17.5 Å². The number of benzene rings is 1. The van der Waals surface area contributed by atoms with Crippen molar-refractivity contribution in [3.63, 3.8) is 0 Å². The largest absolute Gasteiger partial charge is 0.342 e. The van der Waals surface area contributed by atoms with E-state index in [0.717, 1.165) is 30.8 Å². The first kappa shape index (κ1) is 14.1. The summed E-state index contributed by atoms with van der Waals surface area (Å²) in [4.78, 5) is 26.7. The maximum absolute atomic E-state index is 12.9. The number of carbonyl (C=O) groups is 2. The van der Waals surface area contributed by atoms with Crippen molar-refractivity contribution in [1.29, 1.82) is 0 Å². The zero-order chi connectivity index (χ0) is 14.8. The lowest BCUT2D eigenvalue weighted by molar-refractivity contribution is -0.135. The molecule has 0 saturated heterocycles. The number of carbonyl (C=O) groups excluding carboxylic acids is 2. The standard InChI is InChI=1S/C17H22N2O2/c1-2-9-19(11-12-7-8-12)17(21)14-10-16(20)18-15-6-4-3-5-13(14)15/h3-6,12,14H,2,7-11H2,1H3,(H,18,20). The van der Waals surface area contributed by atoms with Crippen molar-refractivity contribution < 1.29 is 9.59 Å². The molecule has 0 radical (unpaired) electrons. The van der Waals surface area contributed by atoms with E-state index in [1.165, 1.54) is 12.8 Å². The topological polar surface area (TPSA) is 49.4 Å². The van der Waals surface area contributed by atoms with Crippen LogP contribution in [0.1, 0.15) is 44.1 Å². The normalized spacial score (nSPS) is 20.6. The molecule has 1 aliphatic heterocycles. The lowest BCUT2D eigenvalue weighted by Gasteiger charge is -2.30. The van der Waals surface area contributed by atoms with Gasteiger partial charge in [0.05, 0.1) is 5.92 Å². The second-order valence-corrected chi connectivity index (χ2v) is 6.12. The van der Waals surface area contributed by atoms with Crippen LogP contribution in [0.5, 0.6) is 0 Å². The first-order chi connectivity index (χ1) is 10.2. The molecule has 4 heteroatoms. The SMILES string of the molecule is CCCN(CC1CC1)C(=O)C1CC(=O)Nc2ccccc21. The molecule has 0 aromatic heterocycles. The minimum absolute atomic E-state index is 0.0603. The molecular formula is C17H22N2O2. The number of para-hydroxylation sites is 1. The molecule has 1 fully saturated rings. The minimum atomic E-state index is -0.319. The second-order valence-electron chi connectivity index (χ2n) is 6.12. The molecule has 1 N–H and O–H groups in total. The van der Waals surface area contributed by atoms with Gasteiger partial charge in [-0.15, -0.1) is 0 Å². The lowest BCUT2D eigenvalue weighted by atomic mass is 9.89. The molecule has 1 saturated carbocycles. The van der Waals surface area contributed by atoms with Gasteiger partial charge in [0, 0.05) is 25.2 Å². The highest BCUT2D eigenvalue weighted by molar-refractivity contribution is 6.01. The van der Waals surface area contributed by atoms with Crippen LogP contribution >= 0.6 is 0 Å². The lowest BCUT2D eigenvalue weighted by Crippen LogP contribution is -2.40. The van der Waals surface area contributed by atoms with E-state index in [0.29, 0.717) is 5.92 Å². The molecule has 2 aliphatic rings. The van der Waals surface area contributed by atoms with E-state index in [1.807, 2.05) is 29.2 Å². The Bertz CT molecular complexity index is 551. The van der Waals surface area contributed by atoms with Crippen LogP contribution in [0.15, 0.2) is 24.3 Å². The zero-order valence-corrected chi connectivity index (χ0v) is 12.5. The van der Waals surface area contributed by atoms with Crippen molar-refractivity contribution in [3.05, 3.63) is 29.8 Å². The van der Waals surface area contributed by atoms with Crippen LogP contribution in [-0.2, 0) is 9.59 Å². The van der Waals surface area contributed by atoms with Crippen LogP contribution in [0.3, 0.4) is 0 Å². The Kier molecular flexibility index (Phi) is 3.95.